The van der Waals surface area contributed by atoms with E-state index >= 15 is 0 Å². The minimum absolute atomic E-state index is 0.0203. The summed E-state index contributed by atoms with van der Waals surface area (Å²) < 4.78 is 53.0. The van der Waals surface area contributed by atoms with Gasteiger partial charge in [-0.1, -0.05) is 30.0 Å². The van der Waals surface area contributed by atoms with Crippen molar-refractivity contribution in [1.82, 2.24) is 9.88 Å². The van der Waals surface area contributed by atoms with Gasteiger partial charge in [-0.05, 0) is 40.8 Å². The maximum Gasteiger partial charge on any atom is 0.419 e. The molecule has 3 aromatic rings. The Balaban J connectivity index is 1.39. The van der Waals surface area contributed by atoms with Gasteiger partial charge in [-0.2, -0.15) is 13.2 Å². The molecule has 2 amide bonds. The van der Waals surface area contributed by atoms with Gasteiger partial charge in [0.25, 0.3) is 11.7 Å². The monoisotopic (exact) mass is 615 g/mol. The third kappa shape index (κ3) is 6.58. The summed E-state index contributed by atoms with van der Waals surface area (Å²) in [5.74, 6) is -5.26. The smallest absolute Gasteiger partial charge is 0.419 e. The molecule has 202 valence electrons. The number of nitrogens with zero attached hydrogens (tertiary/aromatic N) is 2. The number of aromatic nitrogens is 1. The molecule has 0 bridgehead atoms. The minimum atomic E-state index is -4.84. The number of amides is 2. The van der Waals surface area contributed by atoms with Crippen LogP contribution >= 0.6 is 46.7 Å². The number of benzene rings is 1. The Bertz CT molecular complexity index is 1550. The van der Waals surface area contributed by atoms with Gasteiger partial charge in [0.15, 0.2) is 5.13 Å². The predicted octanol–water partition coefficient (Wildman–Crippen LogP) is 5.53. The summed E-state index contributed by atoms with van der Waals surface area (Å²) in [4.78, 5) is 53.1. The molecule has 1 aliphatic heterocycles. The number of carboxylic acid groups (broad SMARTS) is 1. The van der Waals surface area contributed by atoms with Crippen LogP contribution < -0.4 is 5.32 Å². The molecule has 1 aliphatic rings. The summed E-state index contributed by atoms with van der Waals surface area (Å²) in [6.45, 7) is -0.0639. The second-order valence-electron chi connectivity index (χ2n) is 7.73. The van der Waals surface area contributed by atoms with Crippen LogP contribution in [0.4, 0.5) is 22.7 Å². The normalized spacial score (nSPS) is 14.8. The average molecular weight is 616 g/mol. The first-order valence-corrected chi connectivity index (χ1v) is 13.6. The predicted molar refractivity (Wildman–Crippen MR) is 142 cm³/mol. The molecule has 3 heterocycles. The fourth-order valence-electron chi connectivity index (χ4n) is 3.26. The van der Waals surface area contributed by atoms with Crippen molar-refractivity contribution in [2.45, 2.75) is 12.6 Å². The molecule has 4 rings (SSSR count). The van der Waals surface area contributed by atoms with Crippen molar-refractivity contribution in [1.29, 1.82) is 0 Å². The minimum Gasteiger partial charge on any atom is -0.475 e. The molecule has 1 aromatic carbocycles. The van der Waals surface area contributed by atoms with E-state index < -0.39 is 41.1 Å². The molecular formula is C23H13F4N3O5S4. The van der Waals surface area contributed by atoms with Crippen molar-refractivity contribution in [3.05, 3.63) is 61.9 Å². The lowest BCUT2D eigenvalue weighted by molar-refractivity contribution is -0.140. The van der Waals surface area contributed by atoms with E-state index in [1.165, 1.54) is 33.8 Å². The van der Waals surface area contributed by atoms with Crippen LogP contribution in [0.5, 0.6) is 0 Å². The Morgan fingerprint density at radius 2 is 1.87 bits per heavy atom. The second kappa shape index (κ2) is 11.3. The number of thiazole rings is 1. The molecule has 39 heavy (non-hydrogen) atoms. The topological polar surface area (TPSA) is 117 Å². The van der Waals surface area contributed by atoms with Crippen molar-refractivity contribution in [3.63, 3.8) is 0 Å². The largest absolute Gasteiger partial charge is 0.475 e. The van der Waals surface area contributed by atoms with E-state index in [0.717, 1.165) is 35.2 Å². The summed E-state index contributed by atoms with van der Waals surface area (Å²) >= 11 is 8.28. The number of anilines is 1. The van der Waals surface area contributed by atoms with Gasteiger partial charge in [0.05, 0.1) is 10.5 Å². The highest BCUT2D eigenvalue weighted by Crippen LogP contribution is 2.37. The van der Waals surface area contributed by atoms with E-state index in [0.29, 0.717) is 10.4 Å². The van der Waals surface area contributed by atoms with Crippen LogP contribution in [0.2, 0.25) is 0 Å². The highest BCUT2D eigenvalue weighted by Gasteiger charge is 2.35. The zero-order valence-electron chi connectivity index (χ0n) is 19.1. The number of thiocarbonyl (C=S) groups is 1. The van der Waals surface area contributed by atoms with Crippen molar-refractivity contribution in [3.8, 4) is 11.1 Å². The number of Topliss-reactive ketones (excluding diaryl/α,β-unsaturated/α-hetero) is 1. The van der Waals surface area contributed by atoms with Crippen LogP contribution in [0.25, 0.3) is 17.2 Å². The number of thiophene rings is 1. The molecule has 2 N–H and O–H groups in total. The summed E-state index contributed by atoms with van der Waals surface area (Å²) in [5, 5.41) is 13.9. The molecule has 16 heteroatoms. The Morgan fingerprint density at radius 1 is 1.13 bits per heavy atom. The first-order valence-electron chi connectivity index (χ1n) is 10.6. The number of ketones is 1. The Kier molecular flexibility index (Phi) is 8.29. The number of hydrogen-bond donors (Lipinski definition) is 2. The van der Waals surface area contributed by atoms with E-state index in [-0.39, 0.29) is 38.6 Å². The van der Waals surface area contributed by atoms with Crippen molar-refractivity contribution < 1.29 is 41.8 Å². The van der Waals surface area contributed by atoms with Gasteiger partial charge >= 0.3 is 12.1 Å². The molecule has 2 aromatic heterocycles. The van der Waals surface area contributed by atoms with E-state index in [4.69, 9.17) is 17.3 Å². The summed E-state index contributed by atoms with van der Waals surface area (Å²) in [5.41, 5.74) is -1.11. The third-order valence-electron chi connectivity index (χ3n) is 5.11. The number of rotatable bonds is 8. The highest BCUT2D eigenvalue weighted by atomic mass is 32.2. The summed E-state index contributed by atoms with van der Waals surface area (Å²) in [7, 11) is 0. The lowest BCUT2D eigenvalue weighted by Gasteiger charge is -2.13. The van der Waals surface area contributed by atoms with Gasteiger partial charge in [0, 0.05) is 23.2 Å². The quantitative estimate of drug-likeness (QED) is 0.112. The number of thioether (sulfide) groups is 1. The molecule has 0 saturated carbocycles. The number of aliphatic carboxylic acids is 1. The number of carbonyl (C=O) groups is 4. The number of carboxylic acids is 1. The van der Waals surface area contributed by atoms with Gasteiger partial charge in [0.2, 0.25) is 5.91 Å². The number of nitrogens with one attached hydrogen (secondary N) is 1. The van der Waals surface area contributed by atoms with Gasteiger partial charge in [-0.25, -0.2) is 14.2 Å². The van der Waals surface area contributed by atoms with Crippen LogP contribution in [-0.2, 0) is 20.6 Å². The van der Waals surface area contributed by atoms with E-state index in [1.54, 1.807) is 11.4 Å². The zero-order valence-corrected chi connectivity index (χ0v) is 22.3. The van der Waals surface area contributed by atoms with Crippen LogP contribution in [-0.4, -0.2) is 49.4 Å². The molecule has 1 fully saturated rings. The average Bonchev–Trinajstić information content (AvgIpc) is 3.57. The second-order valence-corrected chi connectivity index (χ2v) is 11.2. The van der Waals surface area contributed by atoms with E-state index in [2.05, 4.69) is 10.3 Å². The maximum absolute atomic E-state index is 13.6. The fraction of sp³-hybridized carbons (Fsp3) is 0.130. The number of halogens is 4. The molecule has 0 atom stereocenters. The van der Waals surface area contributed by atoms with Crippen molar-refractivity contribution in [2.24, 2.45) is 0 Å². The lowest BCUT2D eigenvalue weighted by Crippen LogP contribution is -2.31. The first-order chi connectivity index (χ1) is 18.3. The molecule has 0 unspecified atom stereocenters. The van der Waals surface area contributed by atoms with Crippen molar-refractivity contribution in [2.75, 3.05) is 11.9 Å². The number of alkyl halides is 3. The Morgan fingerprint density at radius 3 is 2.56 bits per heavy atom. The van der Waals surface area contributed by atoms with Crippen LogP contribution in [0.15, 0.2) is 39.9 Å². The maximum atomic E-state index is 13.6. The fourth-order valence-corrected chi connectivity index (χ4v) is 6.19. The molecule has 8 nitrogen and oxygen atoms in total. The molecule has 0 aliphatic carbocycles. The Labute approximate surface area is 234 Å². The molecule has 1 saturated heterocycles. The highest BCUT2D eigenvalue weighted by molar-refractivity contribution is 8.26. The third-order valence-corrected chi connectivity index (χ3v) is 8.13. The first kappa shape index (κ1) is 28.5. The lowest BCUT2D eigenvalue weighted by atomic mass is 10.0. The van der Waals surface area contributed by atoms with Crippen LogP contribution in [0.1, 0.15) is 27.3 Å². The molecular weight excluding hydrogens is 603 g/mol. The standard InChI is InChI=1S/C23H13F4N3O5S4/c24-14-2-1-10(6-13(14)23(25,26)27)11-5-12(37-8-11)7-16-19(33)30(22(36)39-16)4-3-17(31)29-21-28-15(9-38-21)18(32)20(34)35/h1-2,5-9H,3-4H2,(H,34,35)(H,28,29,31). The number of carbonyl (C=O) groups excluding carboxylic acids is 3. The van der Waals surface area contributed by atoms with E-state index in [9.17, 15) is 36.7 Å². The van der Waals surface area contributed by atoms with Crippen LogP contribution in [0.3, 0.4) is 0 Å². The van der Waals surface area contributed by atoms with Crippen LogP contribution in [0, 0.1) is 5.82 Å². The van der Waals surface area contributed by atoms with Gasteiger partial charge in [-0.15, -0.1) is 22.7 Å². The summed E-state index contributed by atoms with van der Waals surface area (Å²) in [6.07, 6.45) is -3.48. The Hall–Kier alpha value is -3.47. The zero-order chi connectivity index (χ0) is 28.5. The van der Waals surface area contributed by atoms with Gasteiger partial charge in [-0.3, -0.25) is 19.3 Å². The number of hydrogen-bond acceptors (Lipinski definition) is 9. The van der Waals surface area contributed by atoms with Gasteiger partial charge in [0.1, 0.15) is 15.8 Å². The SMILES string of the molecule is O=C(CCN1C(=O)C(=Cc2cc(-c3ccc(F)c(C(F)(F)F)c3)cs2)SC1=S)Nc1nc(C(=O)C(=O)O)cs1. The van der Waals surface area contributed by atoms with Crippen molar-refractivity contribution >= 4 is 85.7 Å². The molecule has 0 spiro atoms. The molecule has 0 radical (unpaired) electrons. The summed E-state index contributed by atoms with van der Waals surface area (Å²) in [6, 6.07) is 4.27. The van der Waals surface area contributed by atoms with E-state index in [1.807, 2.05) is 0 Å². The van der Waals surface area contributed by atoms with Gasteiger partial charge < -0.3 is 10.4 Å².